The largest absolute Gasteiger partial charge is 0.390 e. The number of para-hydroxylation sites is 1. The molecule has 0 bridgehead atoms. The van der Waals surface area contributed by atoms with Gasteiger partial charge in [-0.1, -0.05) is 48.2 Å². The highest BCUT2D eigenvalue weighted by Gasteiger charge is 2.15. The van der Waals surface area contributed by atoms with Crippen molar-refractivity contribution in [3.8, 4) is 0 Å². The Labute approximate surface area is 134 Å². The molecule has 1 aromatic heterocycles. The van der Waals surface area contributed by atoms with Gasteiger partial charge in [0, 0.05) is 11.4 Å². The third kappa shape index (κ3) is 4.69. The van der Waals surface area contributed by atoms with Crippen LogP contribution in [0.5, 0.6) is 0 Å². The molecular formula is C15H21N3OS2. The van der Waals surface area contributed by atoms with Crippen molar-refractivity contribution in [1.82, 2.24) is 10.2 Å². The summed E-state index contributed by atoms with van der Waals surface area (Å²) >= 11 is 3.04. The van der Waals surface area contributed by atoms with Gasteiger partial charge in [0.1, 0.15) is 0 Å². The number of rotatable bonds is 6. The van der Waals surface area contributed by atoms with Crippen LogP contribution < -0.4 is 5.32 Å². The van der Waals surface area contributed by atoms with E-state index in [2.05, 4.69) is 47.6 Å². The van der Waals surface area contributed by atoms with E-state index in [4.69, 9.17) is 0 Å². The van der Waals surface area contributed by atoms with Crippen molar-refractivity contribution in [2.24, 2.45) is 0 Å². The van der Waals surface area contributed by atoms with E-state index in [-0.39, 0.29) is 0 Å². The predicted molar refractivity (Wildman–Crippen MR) is 90.8 cm³/mol. The Morgan fingerprint density at radius 3 is 2.76 bits per heavy atom. The Morgan fingerprint density at radius 1 is 1.33 bits per heavy atom. The SMILES string of the molecule is CCc1cccc(C)c1Nc1nnc(SCC(C)(C)O)s1. The first-order valence-electron chi connectivity index (χ1n) is 6.93. The number of benzene rings is 1. The lowest BCUT2D eigenvalue weighted by molar-refractivity contribution is 0.107. The van der Waals surface area contributed by atoms with Crippen LogP contribution in [0.25, 0.3) is 0 Å². The molecular weight excluding hydrogens is 302 g/mol. The van der Waals surface area contributed by atoms with E-state index in [1.165, 1.54) is 34.2 Å². The van der Waals surface area contributed by atoms with Crippen LogP contribution in [0, 0.1) is 6.92 Å². The molecule has 2 N–H and O–H groups in total. The maximum absolute atomic E-state index is 9.75. The molecule has 6 heteroatoms. The Bertz CT molecular complexity index is 605. The van der Waals surface area contributed by atoms with Crippen LogP contribution in [0.15, 0.2) is 22.5 Å². The van der Waals surface area contributed by atoms with Crippen molar-refractivity contribution >= 4 is 33.9 Å². The zero-order valence-electron chi connectivity index (χ0n) is 12.8. The molecule has 2 rings (SSSR count). The summed E-state index contributed by atoms with van der Waals surface area (Å²) in [5.41, 5.74) is 2.90. The standard InChI is InChI=1S/C15H21N3OS2/c1-5-11-8-6-7-10(2)12(11)16-13-17-18-14(21-13)20-9-15(3,4)19/h6-8,19H,5,9H2,1-4H3,(H,16,17). The van der Waals surface area contributed by atoms with Crippen molar-refractivity contribution in [2.75, 3.05) is 11.1 Å². The monoisotopic (exact) mass is 323 g/mol. The lowest BCUT2D eigenvalue weighted by Crippen LogP contribution is -2.21. The van der Waals surface area contributed by atoms with E-state index >= 15 is 0 Å². The molecule has 0 amide bonds. The van der Waals surface area contributed by atoms with Gasteiger partial charge in [-0.2, -0.15) is 0 Å². The Morgan fingerprint density at radius 2 is 2.10 bits per heavy atom. The van der Waals surface area contributed by atoms with Gasteiger partial charge in [0.25, 0.3) is 0 Å². The third-order valence-corrected chi connectivity index (χ3v) is 5.34. The van der Waals surface area contributed by atoms with Crippen molar-refractivity contribution in [1.29, 1.82) is 0 Å². The summed E-state index contributed by atoms with van der Waals surface area (Å²) in [6.07, 6.45) is 0.975. The number of anilines is 2. The van der Waals surface area contributed by atoms with Crippen molar-refractivity contribution in [2.45, 2.75) is 44.1 Å². The Kier molecular flexibility index (Phi) is 5.24. The number of aromatic nitrogens is 2. The summed E-state index contributed by atoms with van der Waals surface area (Å²) in [4.78, 5) is 0. The van der Waals surface area contributed by atoms with Crippen LogP contribution in [0.1, 0.15) is 31.9 Å². The number of hydrogen-bond donors (Lipinski definition) is 2. The summed E-state index contributed by atoms with van der Waals surface area (Å²) in [6.45, 7) is 7.82. The van der Waals surface area contributed by atoms with Gasteiger partial charge in [-0.25, -0.2) is 0 Å². The predicted octanol–water partition coefficient (Wildman–Crippen LogP) is 4.02. The molecule has 21 heavy (non-hydrogen) atoms. The average Bonchev–Trinajstić information content (AvgIpc) is 2.86. The molecule has 2 aromatic rings. The van der Waals surface area contributed by atoms with E-state index < -0.39 is 5.60 Å². The first-order valence-corrected chi connectivity index (χ1v) is 8.73. The molecule has 4 nitrogen and oxygen atoms in total. The molecule has 0 aliphatic heterocycles. The molecule has 0 saturated heterocycles. The molecule has 0 saturated carbocycles. The van der Waals surface area contributed by atoms with E-state index in [0.717, 1.165) is 21.6 Å². The number of nitrogens with one attached hydrogen (secondary N) is 1. The minimum absolute atomic E-state index is 0.603. The van der Waals surface area contributed by atoms with Crippen LogP contribution in [0.3, 0.4) is 0 Å². The summed E-state index contributed by atoms with van der Waals surface area (Å²) in [7, 11) is 0. The molecule has 0 aliphatic carbocycles. The molecule has 0 aliphatic rings. The smallest absolute Gasteiger partial charge is 0.210 e. The second-order valence-corrected chi connectivity index (χ2v) is 7.76. The van der Waals surface area contributed by atoms with Crippen molar-refractivity contribution in [3.05, 3.63) is 29.3 Å². The molecule has 0 unspecified atom stereocenters. The van der Waals surface area contributed by atoms with Crippen LogP contribution in [-0.2, 0) is 6.42 Å². The molecule has 1 heterocycles. The molecule has 0 fully saturated rings. The zero-order chi connectivity index (χ0) is 15.5. The van der Waals surface area contributed by atoms with Gasteiger partial charge in [-0.15, -0.1) is 10.2 Å². The summed E-state index contributed by atoms with van der Waals surface area (Å²) in [6, 6.07) is 6.29. The highest BCUT2D eigenvalue weighted by Crippen LogP contribution is 2.31. The molecule has 0 atom stereocenters. The Hall–Kier alpha value is -1.11. The van der Waals surface area contributed by atoms with Crippen LogP contribution >= 0.6 is 23.1 Å². The lowest BCUT2D eigenvalue weighted by Gasteiger charge is -2.14. The highest BCUT2D eigenvalue weighted by molar-refractivity contribution is 8.01. The van der Waals surface area contributed by atoms with Gasteiger partial charge in [0.15, 0.2) is 4.34 Å². The minimum Gasteiger partial charge on any atom is -0.390 e. The molecule has 114 valence electrons. The van der Waals surface area contributed by atoms with Gasteiger partial charge in [-0.05, 0) is 38.3 Å². The van der Waals surface area contributed by atoms with Crippen LogP contribution in [0.4, 0.5) is 10.8 Å². The highest BCUT2D eigenvalue weighted by atomic mass is 32.2. The summed E-state index contributed by atoms with van der Waals surface area (Å²) in [5, 5.41) is 22.3. The van der Waals surface area contributed by atoms with Gasteiger partial charge >= 0.3 is 0 Å². The maximum atomic E-state index is 9.75. The molecule has 0 spiro atoms. The van der Waals surface area contributed by atoms with Crippen molar-refractivity contribution < 1.29 is 5.11 Å². The van der Waals surface area contributed by atoms with Crippen LogP contribution in [0.2, 0.25) is 0 Å². The van der Waals surface area contributed by atoms with Crippen molar-refractivity contribution in [3.63, 3.8) is 0 Å². The number of aryl methyl sites for hydroxylation is 2. The fraction of sp³-hybridized carbons (Fsp3) is 0.467. The first kappa shape index (κ1) is 16.3. The van der Waals surface area contributed by atoms with Gasteiger partial charge in [0.2, 0.25) is 5.13 Å². The number of nitrogens with zero attached hydrogens (tertiary/aromatic N) is 2. The number of aliphatic hydroxyl groups is 1. The zero-order valence-corrected chi connectivity index (χ0v) is 14.4. The van der Waals surface area contributed by atoms with Gasteiger partial charge in [-0.3, -0.25) is 0 Å². The Balaban J connectivity index is 2.09. The van der Waals surface area contributed by atoms with Crippen LogP contribution in [-0.4, -0.2) is 26.7 Å². The summed E-state index contributed by atoms with van der Waals surface area (Å²) in [5.74, 6) is 0.603. The third-order valence-electron chi connectivity index (χ3n) is 2.93. The maximum Gasteiger partial charge on any atom is 0.210 e. The van der Waals surface area contributed by atoms with E-state index in [9.17, 15) is 5.11 Å². The topological polar surface area (TPSA) is 58.0 Å². The molecule has 0 radical (unpaired) electrons. The summed E-state index contributed by atoms with van der Waals surface area (Å²) < 4.78 is 0.867. The number of thioether (sulfide) groups is 1. The quantitative estimate of drug-likeness (QED) is 0.787. The number of hydrogen-bond acceptors (Lipinski definition) is 6. The second-order valence-electron chi connectivity index (χ2n) is 5.56. The normalized spacial score (nSPS) is 11.7. The first-order chi connectivity index (χ1) is 9.89. The second kappa shape index (κ2) is 6.77. The fourth-order valence-electron chi connectivity index (χ4n) is 1.87. The minimum atomic E-state index is -0.699. The fourth-order valence-corrected chi connectivity index (χ4v) is 3.57. The van der Waals surface area contributed by atoms with Gasteiger partial charge < -0.3 is 10.4 Å². The molecule has 1 aromatic carbocycles. The van der Waals surface area contributed by atoms with Gasteiger partial charge in [0.05, 0.1) is 5.60 Å². The van der Waals surface area contributed by atoms with E-state index in [0.29, 0.717) is 5.75 Å². The van der Waals surface area contributed by atoms with E-state index in [1.54, 1.807) is 13.8 Å². The lowest BCUT2D eigenvalue weighted by atomic mass is 10.1. The average molecular weight is 323 g/mol. The van der Waals surface area contributed by atoms with E-state index in [1.807, 2.05) is 0 Å².